The molecule has 3 N–H and O–H groups in total. The molecule has 2 amide bonds. The number of nitrogens with one attached hydrogen (secondary N) is 1. The summed E-state index contributed by atoms with van der Waals surface area (Å²) >= 11 is 0. The number of alkyl halides is 3. The standard InChI is InChI=1S/C20H18F3N5O4/c1-2-25-19(30)12-6-8-13(9-7-12)28-16(17(18(24)29)26-27-28)11-31-14-4-3-5-15(10-14)32-20(21,22)23/h3-10H,2,11H2,1H3,(H2,24,29)(H,25,30). The Kier molecular flexibility index (Phi) is 6.61. The summed E-state index contributed by atoms with van der Waals surface area (Å²) in [5.41, 5.74) is 6.25. The van der Waals surface area contributed by atoms with Crippen LogP contribution in [0, 0.1) is 0 Å². The second-order valence-electron chi connectivity index (χ2n) is 6.38. The summed E-state index contributed by atoms with van der Waals surface area (Å²) in [6.45, 7) is 1.99. The predicted molar refractivity (Wildman–Crippen MR) is 105 cm³/mol. The average molecular weight is 449 g/mol. The number of hydrogen-bond donors (Lipinski definition) is 2. The first kappa shape index (κ1) is 22.6. The van der Waals surface area contributed by atoms with Crippen LogP contribution >= 0.6 is 0 Å². The molecule has 0 aliphatic rings. The van der Waals surface area contributed by atoms with E-state index in [0.29, 0.717) is 17.8 Å². The first-order chi connectivity index (χ1) is 15.2. The summed E-state index contributed by atoms with van der Waals surface area (Å²) in [5.74, 6) is -1.51. The molecule has 168 valence electrons. The minimum absolute atomic E-state index is 0.0569. The lowest BCUT2D eigenvalue weighted by Crippen LogP contribution is -2.22. The van der Waals surface area contributed by atoms with Crippen molar-refractivity contribution in [1.29, 1.82) is 0 Å². The largest absolute Gasteiger partial charge is 0.573 e. The fraction of sp³-hybridized carbons (Fsp3) is 0.200. The summed E-state index contributed by atoms with van der Waals surface area (Å²) in [6, 6.07) is 11.2. The van der Waals surface area contributed by atoms with Crippen molar-refractivity contribution in [2.75, 3.05) is 6.54 Å². The zero-order chi connectivity index (χ0) is 23.3. The topological polar surface area (TPSA) is 121 Å². The number of ether oxygens (including phenoxy) is 2. The molecule has 2 aromatic carbocycles. The Morgan fingerprint density at radius 3 is 2.44 bits per heavy atom. The van der Waals surface area contributed by atoms with E-state index in [0.717, 1.165) is 12.1 Å². The van der Waals surface area contributed by atoms with Gasteiger partial charge >= 0.3 is 6.36 Å². The summed E-state index contributed by atoms with van der Waals surface area (Å²) in [4.78, 5) is 23.7. The van der Waals surface area contributed by atoms with E-state index in [1.807, 2.05) is 0 Å². The van der Waals surface area contributed by atoms with Crippen LogP contribution in [-0.2, 0) is 6.61 Å². The maximum Gasteiger partial charge on any atom is 0.573 e. The minimum atomic E-state index is -4.85. The van der Waals surface area contributed by atoms with Gasteiger partial charge in [0.15, 0.2) is 5.69 Å². The average Bonchev–Trinajstić information content (AvgIpc) is 3.16. The minimum Gasteiger partial charge on any atom is -0.487 e. The van der Waals surface area contributed by atoms with Gasteiger partial charge in [0.2, 0.25) is 0 Å². The molecule has 0 radical (unpaired) electrons. The molecule has 0 spiro atoms. The van der Waals surface area contributed by atoms with Crippen molar-refractivity contribution in [2.45, 2.75) is 19.9 Å². The van der Waals surface area contributed by atoms with E-state index in [1.165, 1.54) is 16.8 Å². The normalized spacial score (nSPS) is 11.1. The number of benzene rings is 2. The summed E-state index contributed by atoms with van der Waals surface area (Å²) < 4.78 is 48.0. The van der Waals surface area contributed by atoms with Gasteiger partial charge in [0, 0.05) is 18.2 Å². The van der Waals surface area contributed by atoms with Gasteiger partial charge in [0.25, 0.3) is 11.8 Å². The van der Waals surface area contributed by atoms with Crippen molar-refractivity contribution in [1.82, 2.24) is 20.3 Å². The third kappa shape index (κ3) is 5.53. The SMILES string of the molecule is CCNC(=O)c1ccc(-n2nnc(C(N)=O)c2COc2cccc(OC(F)(F)F)c2)cc1. The van der Waals surface area contributed by atoms with Gasteiger partial charge in [0.1, 0.15) is 23.8 Å². The van der Waals surface area contributed by atoms with Crippen molar-refractivity contribution in [3.05, 3.63) is 65.5 Å². The number of carbonyl (C=O) groups excluding carboxylic acids is 2. The Morgan fingerprint density at radius 1 is 1.12 bits per heavy atom. The Labute approximate surface area is 179 Å². The van der Waals surface area contributed by atoms with Crippen LogP contribution in [0.2, 0.25) is 0 Å². The zero-order valence-electron chi connectivity index (χ0n) is 16.7. The molecule has 0 aliphatic heterocycles. The van der Waals surface area contributed by atoms with Crippen LogP contribution in [0.5, 0.6) is 11.5 Å². The zero-order valence-corrected chi connectivity index (χ0v) is 16.7. The molecule has 0 aliphatic carbocycles. The maximum absolute atomic E-state index is 12.4. The summed E-state index contributed by atoms with van der Waals surface area (Å²) in [7, 11) is 0. The highest BCUT2D eigenvalue weighted by molar-refractivity contribution is 5.94. The monoisotopic (exact) mass is 449 g/mol. The highest BCUT2D eigenvalue weighted by Crippen LogP contribution is 2.27. The molecule has 1 heterocycles. The number of carbonyl (C=O) groups is 2. The van der Waals surface area contributed by atoms with Crippen LogP contribution < -0.4 is 20.5 Å². The molecular weight excluding hydrogens is 431 g/mol. The smallest absolute Gasteiger partial charge is 0.487 e. The second kappa shape index (κ2) is 9.37. The van der Waals surface area contributed by atoms with Crippen LogP contribution in [0.1, 0.15) is 33.5 Å². The fourth-order valence-electron chi connectivity index (χ4n) is 2.76. The van der Waals surface area contributed by atoms with E-state index in [4.69, 9.17) is 10.5 Å². The third-order valence-electron chi connectivity index (χ3n) is 4.12. The maximum atomic E-state index is 12.4. The van der Waals surface area contributed by atoms with Gasteiger partial charge < -0.3 is 20.5 Å². The van der Waals surface area contributed by atoms with Crippen LogP contribution in [0.15, 0.2) is 48.5 Å². The predicted octanol–water partition coefficient (Wildman–Crippen LogP) is 2.59. The quantitative estimate of drug-likeness (QED) is 0.545. The van der Waals surface area contributed by atoms with E-state index in [2.05, 4.69) is 20.4 Å². The Balaban J connectivity index is 1.84. The highest BCUT2D eigenvalue weighted by Gasteiger charge is 2.31. The van der Waals surface area contributed by atoms with Crippen LogP contribution in [-0.4, -0.2) is 39.7 Å². The Bertz CT molecular complexity index is 1110. The van der Waals surface area contributed by atoms with Gasteiger partial charge in [-0.05, 0) is 43.3 Å². The Hall–Kier alpha value is -4.09. The molecule has 32 heavy (non-hydrogen) atoms. The van der Waals surface area contributed by atoms with Crippen LogP contribution in [0.25, 0.3) is 5.69 Å². The number of amides is 2. The van der Waals surface area contributed by atoms with Crippen LogP contribution in [0.3, 0.4) is 0 Å². The van der Waals surface area contributed by atoms with Gasteiger partial charge in [-0.15, -0.1) is 18.3 Å². The van der Waals surface area contributed by atoms with Gasteiger partial charge in [-0.3, -0.25) is 9.59 Å². The number of primary amides is 1. The molecule has 0 atom stereocenters. The molecular formula is C20H18F3N5O4. The van der Waals surface area contributed by atoms with Crippen molar-refractivity contribution < 1.29 is 32.2 Å². The fourth-order valence-corrected chi connectivity index (χ4v) is 2.76. The van der Waals surface area contributed by atoms with E-state index in [-0.39, 0.29) is 29.7 Å². The van der Waals surface area contributed by atoms with E-state index >= 15 is 0 Å². The molecule has 3 rings (SSSR count). The molecule has 12 heteroatoms. The summed E-state index contributed by atoms with van der Waals surface area (Å²) in [5, 5.41) is 10.3. The molecule has 0 bridgehead atoms. The molecule has 9 nitrogen and oxygen atoms in total. The number of hydrogen-bond acceptors (Lipinski definition) is 6. The lowest BCUT2D eigenvalue weighted by atomic mass is 10.2. The van der Waals surface area contributed by atoms with Gasteiger partial charge in [-0.2, -0.15) is 0 Å². The van der Waals surface area contributed by atoms with Crippen molar-refractivity contribution in [3.8, 4) is 17.2 Å². The van der Waals surface area contributed by atoms with Gasteiger partial charge in [-0.1, -0.05) is 11.3 Å². The second-order valence-corrected chi connectivity index (χ2v) is 6.38. The van der Waals surface area contributed by atoms with Crippen molar-refractivity contribution >= 4 is 11.8 Å². The first-order valence-corrected chi connectivity index (χ1v) is 9.29. The highest BCUT2D eigenvalue weighted by atomic mass is 19.4. The van der Waals surface area contributed by atoms with E-state index in [9.17, 15) is 22.8 Å². The van der Waals surface area contributed by atoms with Gasteiger partial charge in [0.05, 0.1) is 5.69 Å². The molecule has 3 aromatic rings. The van der Waals surface area contributed by atoms with E-state index in [1.54, 1.807) is 31.2 Å². The molecule has 0 unspecified atom stereocenters. The number of aromatic nitrogens is 3. The van der Waals surface area contributed by atoms with E-state index < -0.39 is 18.0 Å². The Morgan fingerprint density at radius 2 is 1.81 bits per heavy atom. The van der Waals surface area contributed by atoms with Crippen molar-refractivity contribution in [2.24, 2.45) is 5.73 Å². The third-order valence-corrected chi connectivity index (χ3v) is 4.12. The lowest BCUT2D eigenvalue weighted by molar-refractivity contribution is -0.274. The molecule has 0 saturated carbocycles. The van der Waals surface area contributed by atoms with Crippen molar-refractivity contribution in [3.63, 3.8) is 0 Å². The van der Waals surface area contributed by atoms with Crippen LogP contribution in [0.4, 0.5) is 13.2 Å². The number of rotatable bonds is 8. The molecule has 0 saturated heterocycles. The molecule has 0 fully saturated rings. The summed E-state index contributed by atoms with van der Waals surface area (Å²) in [6.07, 6.45) is -4.85. The number of nitrogens with two attached hydrogens (primary N) is 1. The lowest BCUT2D eigenvalue weighted by Gasteiger charge is -2.12. The van der Waals surface area contributed by atoms with Gasteiger partial charge in [-0.25, -0.2) is 4.68 Å². The first-order valence-electron chi connectivity index (χ1n) is 9.29. The molecule has 1 aromatic heterocycles. The number of nitrogens with zero attached hydrogens (tertiary/aromatic N) is 3. The number of halogens is 3.